The lowest BCUT2D eigenvalue weighted by molar-refractivity contribution is -0.144. The predicted octanol–water partition coefficient (Wildman–Crippen LogP) is 2.42. The molecule has 0 aliphatic carbocycles. The first-order valence-corrected chi connectivity index (χ1v) is 7.53. The van der Waals surface area contributed by atoms with E-state index in [1.54, 1.807) is 11.0 Å². The molecule has 0 radical (unpaired) electrons. The Balaban J connectivity index is 2.03. The second-order valence-electron chi connectivity index (χ2n) is 5.27. The number of carboxylic acid groups (broad SMARTS) is 1. The van der Waals surface area contributed by atoms with E-state index in [1.165, 1.54) is 6.08 Å². The molecule has 0 saturated carbocycles. The van der Waals surface area contributed by atoms with Gasteiger partial charge in [0, 0.05) is 24.7 Å². The summed E-state index contributed by atoms with van der Waals surface area (Å²) in [5.74, 6) is -0.710. The number of likely N-dealkylation sites (tertiary alicyclic amines) is 1. The second kappa shape index (κ2) is 7.64. The zero-order valence-corrected chi connectivity index (χ0v) is 12.7. The van der Waals surface area contributed by atoms with Crippen molar-refractivity contribution in [2.45, 2.75) is 19.8 Å². The summed E-state index contributed by atoms with van der Waals surface area (Å²) in [5.41, 5.74) is 0.837. The van der Waals surface area contributed by atoms with Crippen LogP contribution in [-0.2, 0) is 9.59 Å². The minimum atomic E-state index is -0.830. The lowest BCUT2D eigenvalue weighted by Crippen LogP contribution is -2.41. The molecule has 1 N–H and O–H groups in total. The van der Waals surface area contributed by atoms with Gasteiger partial charge >= 0.3 is 5.97 Å². The zero-order chi connectivity index (χ0) is 15.9. The van der Waals surface area contributed by atoms with Gasteiger partial charge in [-0.05, 0) is 31.9 Å². The maximum Gasteiger partial charge on any atom is 0.308 e. The zero-order valence-electron chi connectivity index (χ0n) is 12.7. The Hall–Kier alpha value is -2.30. The first-order chi connectivity index (χ1) is 10.6. The van der Waals surface area contributed by atoms with E-state index < -0.39 is 11.9 Å². The number of rotatable bonds is 5. The number of hydrogen-bond donors (Lipinski definition) is 1. The molecule has 1 aromatic carbocycles. The van der Waals surface area contributed by atoms with Gasteiger partial charge in [-0.25, -0.2) is 0 Å². The average molecular weight is 303 g/mol. The van der Waals surface area contributed by atoms with E-state index in [0.29, 0.717) is 19.6 Å². The highest BCUT2D eigenvalue weighted by Crippen LogP contribution is 2.20. The molecule has 0 aromatic heterocycles. The van der Waals surface area contributed by atoms with Crippen LogP contribution in [0.2, 0.25) is 0 Å². The SMILES string of the molecule is CCOc1ccccc1/C=C\C(=O)N1CCC[C@@H](C(=O)O)C1. The van der Waals surface area contributed by atoms with Crippen molar-refractivity contribution in [1.82, 2.24) is 4.90 Å². The van der Waals surface area contributed by atoms with Crippen molar-refractivity contribution in [3.8, 4) is 5.75 Å². The van der Waals surface area contributed by atoms with Crippen molar-refractivity contribution in [3.63, 3.8) is 0 Å². The maximum absolute atomic E-state index is 12.2. The smallest absolute Gasteiger partial charge is 0.308 e. The third kappa shape index (κ3) is 4.10. The van der Waals surface area contributed by atoms with Crippen molar-refractivity contribution in [2.24, 2.45) is 5.92 Å². The van der Waals surface area contributed by atoms with E-state index in [0.717, 1.165) is 17.7 Å². The van der Waals surface area contributed by atoms with Gasteiger partial charge in [0.25, 0.3) is 0 Å². The predicted molar refractivity (Wildman–Crippen MR) is 83.6 cm³/mol. The number of carboxylic acids is 1. The van der Waals surface area contributed by atoms with Gasteiger partial charge in [-0.3, -0.25) is 9.59 Å². The van der Waals surface area contributed by atoms with Crippen LogP contribution >= 0.6 is 0 Å². The Bertz CT molecular complexity index is 568. The molecule has 1 aliphatic rings. The van der Waals surface area contributed by atoms with E-state index in [4.69, 9.17) is 9.84 Å². The number of carbonyl (C=O) groups is 2. The lowest BCUT2D eigenvalue weighted by Gasteiger charge is -2.29. The molecule has 5 heteroatoms. The maximum atomic E-state index is 12.2. The van der Waals surface area contributed by atoms with Crippen LogP contribution < -0.4 is 4.74 Å². The number of ether oxygens (including phenoxy) is 1. The molecular weight excluding hydrogens is 282 g/mol. The van der Waals surface area contributed by atoms with Crippen molar-refractivity contribution < 1.29 is 19.4 Å². The van der Waals surface area contributed by atoms with Crippen molar-refractivity contribution >= 4 is 18.0 Å². The van der Waals surface area contributed by atoms with Crippen molar-refractivity contribution in [2.75, 3.05) is 19.7 Å². The fraction of sp³-hybridized carbons (Fsp3) is 0.412. The number of hydrogen-bond acceptors (Lipinski definition) is 3. The summed E-state index contributed by atoms with van der Waals surface area (Å²) in [5, 5.41) is 9.07. The Morgan fingerprint density at radius 2 is 2.18 bits per heavy atom. The van der Waals surface area contributed by atoms with Gasteiger partial charge in [0.15, 0.2) is 0 Å². The number of aliphatic carboxylic acids is 1. The molecule has 0 spiro atoms. The van der Waals surface area contributed by atoms with Gasteiger partial charge in [0.05, 0.1) is 12.5 Å². The van der Waals surface area contributed by atoms with Crippen molar-refractivity contribution in [1.29, 1.82) is 0 Å². The molecule has 118 valence electrons. The quantitative estimate of drug-likeness (QED) is 0.848. The summed E-state index contributed by atoms with van der Waals surface area (Å²) < 4.78 is 5.51. The molecule has 5 nitrogen and oxygen atoms in total. The molecule has 1 atom stereocenters. The highest BCUT2D eigenvalue weighted by Gasteiger charge is 2.27. The minimum absolute atomic E-state index is 0.155. The first-order valence-electron chi connectivity index (χ1n) is 7.53. The van der Waals surface area contributed by atoms with Gasteiger partial charge in [-0.1, -0.05) is 18.2 Å². The summed E-state index contributed by atoms with van der Waals surface area (Å²) >= 11 is 0. The van der Waals surface area contributed by atoms with Gasteiger partial charge in [-0.2, -0.15) is 0 Å². The molecular formula is C17H21NO4. The Kier molecular flexibility index (Phi) is 5.58. The van der Waals surface area contributed by atoms with E-state index >= 15 is 0 Å². The van der Waals surface area contributed by atoms with E-state index in [-0.39, 0.29) is 12.5 Å². The van der Waals surface area contributed by atoms with Crippen LogP contribution in [0.1, 0.15) is 25.3 Å². The molecule has 2 rings (SSSR count). The molecule has 0 bridgehead atoms. The third-order valence-corrected chi connectivity index (χ3v) is 3.71. The summed E-state index contributed by atoms with van der Waals surface area (Å²) in [6, 6.07) is 7.50. The topological polar surface area (TPSA) is 66.8 Å². The van der Waals surface area contributed by atoms with Crippen LogP contribution in [0.4, 0.5) is 0 Å². The second-order valence-corrected chi connectivity index (χ2v) is 5.27. The normalized spacial score (nSPS) is 18.4. The number of nitrogens with zero attached hydrogens (tertiary/aromatic N) is 1. The Labute approximate surface area is 130 Å². The number of carbonyl (C=O) groups excluding carboxylic acids is 1. The molecule has 1 amide bonds. The van der Waals surface area contributed by atoms with Gasteiger partial charge < -0.3 is 14.7 Å². The number of benzene rings is 1. The Morgan fingerprint density at radius 3 is 2.91 bits per heavy atom. The minimum Gasteiger partial charge on any atom is -0.493 e. The number of para-hydroxylation sites is 1. The van der Waals surface area contributed by atoms with Crippen LogP contribution in [0.15, 0.2) is 30.3 Å². The monoisotopic (exact) mass is 303 g/mol. The Morgan fingerprint density at radius 1 is 1.41 bits per heavy atom. The number of piperidine rings is 1. The standard InChI is InChI=1S/C17H21NO4/c1-2-22-15-8-4-3-6-13(15)9-10-16(19)18-11-5-7-14(12-18)17(20)21/h3-4,6,8-10,14H,2,5,7,11-12H2,1H3,(H,20,21)/b10-9-/t14-/m1/s1. The van der Waals surface area contributed by atoms with Crippen molar-refractivity contribution in [3.05, 3.63) is 35.9 Å². The summed E-state index contributed by atoms with van der Waals surface area (Å²) in [6.45, 7) is 3.36. The molecule has 0 unspecified atom stereocenters. The summed E-state index contributed by atoms with van der Waals surface area (Å²) in [6.07, 6.45) is 4.57. The van der Waals surface area contributed by atoms with Gasteiger partial charge in [0.1, 0.15) is 5.75 Å². The molecule has 1 saturated heterocycles. The fourth-order valence-corrected chi connectivity index (χ4v) is 2.55. The highest BCUT2D eigenvalue weighted by molar-refractivity contribution is 5.92. The van der Waals surface area contributed by atoms with Gasteiger partial charge in [-0.15, -0.1) is 0 Å². The molecule has 1 aliphatic heterocycles. The third-order valence-electron chi connectivity index (χ3n) is 3.71. The van der Waals surface area contributed by atoms with Crippen LogP contribution in [0.25, 0.3) is 6.08 Å². The molecule has 1 heterocycles. The van der Waals surface area contributed by atoms with E-state index in [1.807, 2.05) is 31.2 Å². The highest BCUT2D eigenvalue weighted by atomic mass is 16.5. The summed E-state index contributed by atoms with van der Waals surface area (Å²) in [7, 11) is 0. The van der Waals surface area contributed by atoms with Crippen LogP contribution in [0.3, 0.4) is 0 Å². The molecule has 22 heavy (non-hydrogen) atoms. The molecule has 1 fully saturated rings. The van der Waals surface area contributed by atoms with Gasteiger partial charge in [0.2, 0.25) is 5.91 Å². The summed E-state index contributed by atoms with van der Waals surface area (Å²) in [4.78, 5) is 24.9. The van der Waals surface area contributed by atoms with E-state index in [9.17, 15) is 9.59 Å². The van der Waals surface area contributed by atoms with E-state index in [2.05, 4.69) is 0 Å². The fourth-order valence-electron chi connectivity index (χ4n) is 2.55. The van der Waals surface area contributed by atoms with Crippen LogP contribution in [-0.4, -0.2) is 41.6 Å². The first kappa shape index (κ1) is 16.1. The number of amides is 1. The molecule has 1 aromatic rings. The average Bonchev–Trinajstić information content (AvgIpc) is 2.54. The van der Waals surface area contributed by atoms with Crippen LogP contribution in [0.5, 0.6) is 5.75 Å². The lowest BCUT2D eigenvalue weighted by atomic mass is 9.98. The van der Waals surface area contributed by atoms with Crippen LogP contribution in [0, 0.1) is 5.92 Å². The largest absolute Gasteiger partial charge is 0.493 e.